The molecule has 1 aromatic carbocycles. The number of hydrogen-bond donors (Lipinski definition) is 2. The molecule has 0 radical (unpaired) electrons. The van der Waals surface area contributed by atoms with Gasteiger partial charge in [-0.2, -0.15) is 0 Å². The van der Waals surface area contributed by atoms with Gasteiger partial charge in [0.25, 0.3) is 0 Å². The van der Waals surface area contributed by atoms with Crippen molar-refractivity contribution in [1.29, 1.82) is 0 Å². The highest BCUT2D eigenvalue weighted by Crippen LogP contribution is 2.28. The maximum absolute atomic E-state index is 9.01. The van der Waals surface area contributed by atoms with Crippen LogP contribution in [0.5, 0.6) is 0 Å². The van der Waals surface area contributed by atoms with Crippen molar-refractivity contribution >= 4 is 11.8 Å². The summed E-state index contributed by atoms with van der Waals surface area (Å²) in [5.41, 5.74) is 1.33. The number of rotatable bonds is 6. The molecular weight excluding hydrogens is 218 g/mol. The fourth-order valence-corrected chi connectivity index (χ4v) is 2.57. The highest BCUT2D eigenvalue weighted by molar-refractivity contribution is 7.99. The minimum atomic E-state index is 0.261. The van der Waals surface area contributed by atoms with Gasteiger partial charge >= 0.3 is 0 Å². The molecule has 2 unspecified atom stereocenters. The first-order valence-electron chi connectivity index (χ1n) is 5.68. The van der Waals surface area contributed by atoms with Crippen LogP contribution in [0.15, 0.2) is 29.2 Å². The van der Waals surface area contributed by atoms with Gasteiger partial charge in [-0.05, 0) is 31.5 Å². The molecular formula is C13H21NOS. The Morgan fingerprint density at radius 3 is 2.62 bits per heavy atom. The van der Waals surface area contributed by atoms with Gasteiger partial charge < -0.3 is 10.4 Å². The fourth-order valence-electron chi connectivity index (χ4n) is 1.41. The molecule has 0 aromatic heterocycles. The molecule has 0 aliphatic carbocycles. The zero-order valence-electron chi connectivity index (χ0n) is 10.2. The highest BCUT2D eigenvalue weighted by Gasteiger charge is 2.09. The Kier molecular flexibility index (Phi) is 5.88. The Bertz CT molecular complexity index is 317. The Morgan fingerprint density at radius 1 is 1.31 bits per heavy atom. The largest absolute Gasteiger partial charge is 0.396 e. The van der Waals surface area contributed by atoms with Crippen molar-refractivity contribution in [2.75, 3.05) is 19.4 Å². The fraction of sp³-hybridized carbons (Fsp3) is 0.538. The summed E-state index contributed by atoms with van der Waals surface area (Å²) in [6.45, 7) is 4.49. The maximum atomic E-state index is 9.01. The molecule has 0 saturated heterocycles. The average Bonchev–Trinajstić information content (AvgIpc) is 2.35. The molecule has 1 rings (SSSR count). The summed E-state index contributed by atoms with van der Waals surface area (Å²) in [4.78, 5) is 1.31. The lowest BCUT2D eigenvalue weighted by Crippen LogP contribution is -2.13. The number of hydrogen-bond acceptors (Lipinski definition) is 3. The minimum absolute atomic E-state index is 0.261. The maximum Gasteiger partial charge on any atom is 0.0464 e. The van der Waals surface area contributed by atoms with Crippen molar-refractivity contribution in [3.8, 4) is 0 Å². The van der Waals surface area contributed by atoms with Crippen LogP contribution in [-0.2, 0) is 0 Å². The van der Waals surface area contributed by atoms with Crippen molar-refractivity contribution < 1.29 is 5.11 Å². The Labute approximate surface area is 102 Å². The van der Waals surface area contributed by atoms with Crippen LogP contribution in [0.2, 0.25) is 0 Å². The van der Waals surface area contributed by atoms with E-state index in [-0.39, 0.29) is 6.61 Å². The van der Waals surface area contributed by atoms with Crippen molar-refractivity contribution in [3.05, 3.63) is 29.8 Å². The lowest BCUT2D eigenvalue weighted by molar-refractivity contribution is 0.250. The number of aliphatic hydroxyl groups is 1. The van der Waals surface area contributed by atoms with Gasteiger partial charge in [-0.15, -0.1) is 11.8 Å². The van der Waals surface area contributed by atoms with E-state index in [1.54, 1.807) is 0 Å². The molecule has 0 saturated carbocycles. The third-order valence-electron chi connectivity index (χ3n) is 2.65. The first kappa shape index (κ1) is 13.6. The van der Waals surface area contributed by atoms with E-state index in [2.05, 4.69) is 43.4 Å². The van der Waals surface area contributed by atoms with Gasteiger partial charge in [-0.25, -0.2) is 0 Å². The standard InChI is InChI=1S/C13H21NOS/c1-10(8-15)9-16-13-7-5-4-6-12(13)11(2)14-3/h4-7,10-11,14-15H,8-9H2,1-3H3. The quantitative estimate of drug-likeness (QED) is 0.749. The van der Waals surface area contributed by atoms with Crippen molar-refractivity contribution in [2.45, 2.75) is 24.8 Å². The van der Waals surface area contributed by atoms with E-state index in [9.17, 15) is 0 Å². The molecule has 0 heterocycles. The minimum Gasteiger partial charge on any atom is -0.396 e. The van der Waals surface area contributed by atoms with Gasteiger partial charge in [-0.1, -0.05) is 25.1 Å². The average molecular weight is 239 g/mol. The van der Waals surface area contributed by atoms with E-state index < -0.39 is 0 Å². The molecule has 0 fully saturated rings. The Hall–Kier alpha value is -0.510. The molecule has 0 bridgehead atoms. The van der Waals surface area contributed by atoms with Crippen molar-refractivity contribution in [1.82, 2.24) is 5.32 Å². The molecule has 2 nitrogen and oxygen atoms in total. The molecule has 16 heavy (non-hydrogen) atoms. The lowest BCUT2D eigenvalue weighted by Gasteiger charge is -2.16. The normalized spacial score (nSPS) is 14.8. The number of aliphatic hydroxyl groups excluding tert-OH is 1. The summed E-state index contributed by atoms with van der Waals surface area (Å²) >= 11 is 1.82. The lowest BCUT2D eigenvalue weighted by atomic mass is 10.1. The Morgan fingerprint density at radius 2 is 2.00 bits per heavy atom. The van der Waals surface area contributed by atoms with Gasteiger partial charge in [0.15, 0.2) is 0 Å². The second kappa shape index (κ2) is 6.94. The SMILES string of the molecule is CNC(C)c1ccccc1SCC(C)CO. The smallest absolute Gasteiger partial charge is 0.0464 e. The van der Waals surface area contributed by atoms with Crippen LogP contribution in [0.25, 0.3) is 0 Å². The first-order valence-corrected chi connectivity index (χ1v) is 6.67. The third-order valence-corrected chi connectivity index (χ3v) is 4.07. The summed E-state index contributed by atoms with van der Waals surface area (Å²) in [5.74, 6) is 1.31. The van der Waals surface area contributed by atoms with E-state index in [1.165, 1.54) is 10.5 Å². The molecule has 2 atom stereocenters. The zero-order valence-corrected chi connectivity index (χ0v) is 11.1. The van der Waals surface area contributed by atoms with Crippen molar-refractivity contribution in [2.24, 2.45) is 5.92 Å². The summed E-state index contributed by atoms with van der Waals surface area (Å²) in [5, 5.41) is 12.3. The molecule has 0 amide bonds. The first-order chi connectivity index (χ1) is 7.69. The summed E-state index contributed by atoms with van der Waals surface area (Å²) in [6, 6.07) is 8.82. The molecule has 0 aliphatic rings. The molecule has 2 N–H and O–H groups in total. The van der Waals surface area contributed by atoms with Crippen LogP contribution in [-0.4, -0.2) is 24.5 Å². The highest BCUT2D eigenvalue weighted by atomic mass is 32.2. The van der Waals surface area contributed by atoms with E-state index in [1.807, 2.05) is 18.8 Å². The van der Waals surface area contributed by atoms with Crippen LogP contribution in [0.4, 0.5) is 0 Å². The van der Waals surface area contributed by atoms with Crippen LogP contribution >= 0.6 is 11.8 Å². The van der Waals surface area contributed by atoms with Gasteiger partial charge in [-0.3, -0.25) is 0 Å². The Balaban J connectivity index is 2.71. The van der Waals surface area contributed by atoms with E-state index in [4.69, 9.17) is 5.11 Å². The number of nitrogens with one attached hydrogen (secondary N) is 1. The van der Waals surface area contributed by atoms with Crippen LogP contribution in [0, 0.1) is 5.92 Å². The summed E-state index contributed by atoms with van der Waals surface area (Å²) in [6.07, 6.45) is 0. The van der Waals surface area contributed by atoms with Crippen LogP contribution in [0.3, 0.4) is 0 Å². The second-order valence-corrected chi connectivity index (χ2v) is 5.21. The predicted molar refractivity (Wildman–Crippen MR) is 70.9 cm³/mol. The van der Waals surface area contributed by atoms with Gasteiger partial charge in [0.2, 0.25) is 0 Å². The van der Waals surface area contributed by atoms with E-state index in [0.717, 1.165) is 5.75 Å². The molecule has 3 heteroatoms. The predicted octanol–water partition coefficient (Wildman–Crippen LogP) is 2.69. The summed E-state index contributed by atoms with van der Waals surface area (Å²) < 4.78 is 0. The summed E-state index contributed by atoms with van der Waals surface area (Å²) in [7, 11) is 1.97. The monoisotopic (exact) mass is 239 g/mol. The topological polar surface area (TPSA) is 32.3 Å². The second-order valence-electron chi connectivity index (χ2n) is 4.15. The van der Waals surface area contributed by atoms with Gasteiger partial charge in [0, 0.05) is 23.3 Å². The molecule has 90 valence electrons. The third kappa shape index (κ3) is 3.81. The number of benzene rings is 1. The van der Waals surface area contributed by atoms with E-state index in [0.29, 0.717) is 12.0 Å². The van der Waals surface area contributed by atoms with Crippen LogP contribution in [0.1, 0.15) is 25.5 Å². The zero-order chi connectivity index (χ0) is 12.0. The number of thioether (sulfide) groups is 1. The molecule has 0 spiro atoms. The van der Waals surface area contributed by atoms with Gasteiger partial charge in [0.05, 0.1) is 0 Å². The van der Waals surface area contributed by atoms with Crippen molar-refractivity contribution in [3.63, 3.8) is 0 Å². The van der Waals surface area contributed by atoms with Crippen LogP contribution < -0.4 is 5.32 Å². The molecule has 1 aromatic rings. The van der Waals surface area contributed by atoms with E-state index >= 15 is 0 Å². The van der Waals surface area contributed by atoms with Gasteiger partial charge in [0.1, 0.15) is 0 Å². The molecule has 0 aliphatic heterocycles.